The first-order valence-corrected chi connectivity index (χ1v) is 9.69. The van der Waals surface area contributed by atoms with Gasteiger partial charge in [-0.25, -0.2) is 0 Å². The van der Waals surface area contributed by atoms with Crippen LogP contribution in [0.2, 0.25) is 0 Å². The molecule has 0 saturated heterocycles. The maximum absolute atomic E-state index is 8.21. The van der Waals surface area contributed by atoms with Crippen LogP contribution in [0.15, 0.2) is 77.3 Å². The van der Waals surface area contributed by atoms with E-state index in [0.717, 1.165) is 45.2 Å². The molecule has 2 nitrogen and oxygen atoms in total. The van der Waals surface area contributed by atoms with Crippen LogP contribution in [0.5, 0.6) is 0 Å². The van der Waals surface area contributed by atoms with E-state index in [1.165, 1.54) is 10.8 Å². The molecule has 5 rings (SSSR count). The molecule has 0 bridgehead atoms. The number of pyridine rings is 1. The number of fused-ring (bicyclic) bond motifs is 4. The second-order valence-electron chi connectivity index (χ2n) is 8.71. The Morgan fingerprint density at radius 2 is 1.68 bits per heavy atom. The lowest BCUT2D eigenvalue weighted by molar-refractivity contribution is 0.411. The second kappa shape index (κ2) is 6.20. The van der Waals surface area contributed by atoms with Crippen molar-refractivity contribution in [2.45, 2.75) is 27.2 Å². The van der Waals surface area contributed by atoms with Gasteiger partial charge in [-0.3, -0.25) is 4.98 Å². The van der Waals surface area contributed by atoms with Gasteiger partial charge in [0.15, 0.2) is 0 Å². The molecule has 0 N–H and O–H groups in total. The molecule has 0 saturated carbocycles. The minimum Gasteiger partial charge on any atom is -0.455 e. The fraction of sp³-hybridized carbons (Fsp3) is 0.192. The van der Waals surface area contributed by atoms with Crippen LogP contribution < -0.4 is 0 Å². The van der Waals surface area contributed by atoms with Crippen LogP contribution in [0, 0.1) is 5.41 Å². The minimum atomic E-state index is 0.149. The highest BCUT2D eigenvalue weighted by Crippen LogP contribution is 2.37. The number of rotatable bonds is 2. The first-order chi connectivity index (χ1) is 13.9. The third kappa shape index (κ3) is 2.95. The molecular formula is C26H23NO. The predicted molar refractivity (Wildman–Crippen MR) is 118 cm³/mol. The highest BCUT2D eigenvalue weighted by Gasteiger charge is 2.16. The SMILES string of the molecule is [2H]c1cc(CC(C)(C)C)cc(-c2cccc3c2oc2cc4ccccc4cc23)n1. The van der Waals surface area contributed by atoms with Gasteiger partial charge in [-0.1, -0.05) is 57.2 Å². The quantitative estimate of drug-likeness (QED) is 0.325. The van der Waals surface area contributed by atoms with E-state index in [2.05, 4.69) is 68.2 Å². The second-order valence-corrected chi connectivity index (χ2v) is 8.71. The van der Waals surface area contributed by atoms with Crippen LogP contribution >= 0.6 is 0 Å². The maximum Gasteiger partial charge on any atom is 0.144 e. The summed E-state index contributed by atoms with van der Waals surface area (Å²) in [6.07, 6.45) is 1.19. The fourth-order valence-electron chi connectivity index (χ4n) is 3.97. The summed E-state index contributed by atoms with van der Waals surface area (Å²) in [5.41, 5.74) is 4.72. The van der Waals surface area contributed by atoms with Crippen LogP contribution in [0.1, 0.15) is 27.7 Å². The van der Waals surface area contributed by atoms with Gasteiger partial charge in [-0.2, -0.15) is 0 Å². The number of para-hydroxylation sites is 1. The summed E-state index contributed by atoms with van der Waals surface area (Å²) in [6, 6.07) is 22.8. The maximum atomic E-state index is 8.21. The van der Waals surface area contributed by atoms with E-state index in [0.29, 0.717) is 6.17 Å². The predicted octanol–water partition coefficient (Wildman–Crippen LogP) is 7.39. The molecular weight excluding hydrogens is 342 g/mol. The average molecular weight is 366 g/mol. The molecule has 0 amide bonds. The van der Waals surface area contributed by atoms with Crippen LogP contribution in [0.25, 0.3) is 44.0 Å². The Balaban J connectivity index is 1.74. The molecule has 0 fully saturated rings. The van der Waals surface area contributed by atoms with Crippen LogP contribution in [0.4, 0.5) is 0 Å². The largest absolute Gasteiger partial charge is 0.455 e. The van der Waals surface area contributed by atoms with Crippen molar-refractivity contribution in [3.05, 3.63) is 78.5 Å². The monoisotopic (exact) mass is 366 g/mol. The van der Waals surface area contributed by atoms with Gasteiger partial charge in [0, 0.05) is 22.5 Å². The van der Waals surface area contributed by atoms with Gasteiger partial charge in [0.2, 0.25) is 0 Å². The van der Waals surface area contributed by atoms with Crippen LogP contribution in [0.3, 0.4) is 0 Å². The van der Waals surface area contributed by atoms with Crippen molar-refractivity contribution in [1.82, 2.24) is 4.98 Å². The Bertz CT molecular complexity index is 1370. The van der Waals surface area contributed by atoms with E-state index >= 15 is 0 Å². The lowest BCUT2D eigenvalue weighted by atomic mass is 9.88. The summed E-state index contributed by atoms with van der Waals surface area (Å²) in [4.78, 5) is 4.52. The molecule has 2 aromatic heterocycles. The first-order valence-electron chi connectivity index (χ1n) is 10.2. The molecule has 0 aliphatic heterocycles. The summed E-state index contributed by atoms with van der Waals surface area (Å²) in [5, 5.41) is 4.56. The Hall–Kier alpha value is -3.13. The minimum absolute atomic E-state index is 0.149. The summed E-state index contributed by atoms with van der Waals surface area (Å²) >= 11 is 0. The van der Waals surface area contributed by atoms with Crippen molar-refractivity contribution in [2.75, 3.05) is 0 Å². The molecule has 138 valence electrons. The number of aromatic nitrogens is 1. The highest BCUT2D eigenvalue weighted by atomic mass is 16.3. The van der Waals surface area contributed by atoms with E-state index in [-0.39, 0.29) is 5.41 Å². The number of benzene rings is 3. The number of hydrogen-bond donors (Lipinski definition) is 0. The molecule has 2 heterocycles. The first kappa shape index (κ1) is 15.9. The molecule has 28 heavy (non-hydrogen) atoms. The lowest BCUT2D eigenvalue weighted by Crippen LogP contribution is -2.09. The molecule has 0 spiro atoms. The number of furan rings is 1. The Kier molecular flexibility index (Phi) is 3.52. The number of hydrogen-bond acceptors (Lipinski definition) is 2. The normalized spacial score (nSPS) is 12.8. The van der Waals surface area contributed by atoms with Crippen molar-refractivity contribution in [2.24, 2.45) is 5.41 Å². The Morgan fingerprint density at radius 1 is 0.893 bits per heavy atom. The van der Waals surface area contributed by atoms with Crippen LogP contribution in [-0.2, 0) is 6.42 Å². The summed E-state index contributed by atoms with van der Waals surface area (Å²) < 4.78 is 14.5. The zero-order valence-corrected chi connectivity index (χ0v) is 16.4. The van der Waals surface area contributed by atoms with Gasteiger partial charge in [-0.15, -0.1) is 0 Å². The number of nitrogens with zero attached hydrogens (tertiary/aromatic N) is 1. The molecule has 3 aromatic carbocycles. The molecule has 5 aromatic rings. The Morgan fingerprint density at radius 3 is 2.46 bits per heavy atom. The Labute approximate surface area is 166 Å². The zero-order chi connectivity index (χ0) is 20.2. The van der Waals surface area contributed by atoms with E-state index in [1.807, 2.05) is 24.3 Å². The van der Waals surface area contributed by atoms with Gasteiger partial charge >= 0.3 is 0 Å². The van der Waals surface area contributed by atoms with Gasteiger partial charge in [0.1, 0.15) is 11.2 Å². The summed E-state index contributed by atoms with van der Waals surface area (Å²) in [6.45, 7) is 6.63. The highest BCUT2D eigenvalue weighted by molar-refractivity contribution is 6.13. The van der Waals surface area contributed by atoms with Crippen molar-refractivity contribution in [3.8, 4) is 11.3 Å². The van der Waals surface area contributed by atoms with Crippen molar-refractivity contribution < 1.29 is 5.79 Å². The molecule has 0 aliphatic carbocycles. The lowest BCUT2D eigenvalue weighted by Gasteiger charge is -2.18. The van der Waals surface area contributed by atoms with Crippen LogP contribution in [-0.4, -0.2) is 4.98 Å². The summed E-state index contributed by atoms with van der Waals surface area (Å²) in [5.74, 6) is 0. The summed E-state index contributed by atoms with van der Waals surface area (Å²) in [7, 11) is 0. The van der Waals surface area contributed by atoms with E-state index < -0.39 is 0 Å². The molecule has 2 heteroatoms. The molecule has 0 unspecified atom stereocenters. The molecule has 0 radical (unpaired) electrons. The topological polar surface area (TPSA) is 26.0 Å². The van der Waals surface area contributed by atoms with Crippen molar-refractivity contribution in [1.29, 1.82) is 0 Å². The average Bonchev–Trinajstić information content (AvgIpc) is 3.01. The fourth-order valence-corrected chi connectivity index (χ4v) is 3.97. The van der Waals surface area contributed by atoms with E-state index in [1.54, 1.807) is 0 Å². The third-order valence-corrected chi connectivity index (χ3v) is 5.13. The van der Waals surface area contributed by atoms with Gasteiger partial charge in [-0.05, 0) is 58.5 Å². The van der Waals surface area contributed by atoms with Gasteiger partial charge < -0.3 is 4.42 Å². The smallest absolute Gasteiger partial charge is 0.144 e. The van der Waals surface area contributed by atoms with E-state index in [9.17, 15) is 0 Å². The van der Waals surface area contributed by atoms with E-state index in [4.69, 9.17) is 5.79 Å². The zero-order valence-electron chi connectivity index (χ0n) is 17.4. The van der Waals surface area contributed by atoms with Crippen molar-refractivity contribution in [3.63, 3.8) is 0 Å². The standard InChI is InChI=1S/C26H23NO/c1-26(2,3)16-17-11-12-27-23(13-17)21-10-6-9-20-22-14-18-7-4-5-8-19(18)15-24(22)28-25(20)21/h4-15H,16H2,1-3H3/i12D. The third-order valence-electron chi connectivity index (χ3n) is 5.13. The molecule has 0 aliphatic rings. The molecule has 0 atom stereocenters. The van der Waals surface area contributed by atoms with Crippen molar-refractivity contribution >= 4 is 32.7 Å². The van der Waals surface area contributed by atoms with Gasteiger partial charge in [0.05, 0.1) is 7.06 Å². The van der Waals surface area contributed by atoms with Gasteiger partial charge in [0.25, 0.3) is 0 Å².